The van der Waals surface area contributed by atoms with Crippen LogP contribution in [0.15, 0.2) is 59.4 Å². The van der Waals surface area contributed by atoms with E-state index in [4.69, 9.17) is 4.98 Å². The molecule has 6 nitrogen and oxygen atoms in total. The molecule has 1 N–H and O–H groups in total. The third-order valence-corrected chi connectivity index (χ3v) is 7.06. The summed E-state index contributed by atoms with van der Waals surface area (Å²) >= 11 is 0. The first-order chi connectivity index (χ1) is 15.6. The number of fused-ring (bicyclic) bond motifs is 1. The molecular formula is C26H31N3O3S. The quantitative estimate of drug-likeness (QED) is 0.597. The molecule has 0 saturated carbocycles. The number of rotatable bonds is 6. The van der Waals surface area contributed by atoms with Crippen LogP contribution in [0.2, 0.25) is 0 Å². The molecule has 7 heteroatoms. The maximum atomic E-state index is 13.6. The highest BCUT2D eigenvalue weighted by molar-refractivity contribution is 7.88. The molecule has 2 aromatic carbocycles. The Hall–Kier alpha value is -2.77. The van der Waals surface area contributed by atoms with Crippen LogP contribution >= 0.6 is 0 Å². The summed E-state index contributed by atoms with van der Waals surface area (Å²) in [6.07, 6.45) is 2.92. The summed E-state index contributed by atoms with van der Waals surface area (Å²) in [7, 11) is -3.43. The first kappa shape index (κ1) is 23.4. The lowest BCUT2D eigenvalue weighted by molar-refractivity contribution is 0.410. The van der Waals surface area contributed by atoms with Crippen LogP contribution in [0.4, 0.5) is 0 Å². The Balaban J connectivity index is 1.80. The maximum Gasteiger partial charge on any atom is 0.257 e. The van der Waals surface area contributed by atoms with Crippen molar-refractivity contribution < 1.29 is 8.42 Å². The first-order valence-electron chi connectivity index (χ1n) is 11.4. The van der Waals surface area contributed by atoms with Gasteiger partial charge in [-0.3, -0.25) is 9.36 Å². The van der Waals surface area contributed by atoms with Crippen molar-refractivity contribution >= 4 is 10.0 Å². The van der Waals surface area contributed by atoms with Crippen molar-refractivity contribution in [2.45, 2.75) is 58.0 Å². The Morgan fingerprint density at radius 1 is 1.09 bits per heavy atom. The Kier molecular flexibility index (Phi) is 6.54. The van der Waals surface area contributed by atoms with Crippen molar-refractivity contribution in [3.8, 4) is 11.1 Å². The van der Waals surface area contributed by atoms with Gasteiger partial charge in [-0.05, 0) is 56.7 Å². The minimum absolute atomic E-state index is 0.0272. The topological polar surface area (TPSA) is 81.1 Å². The second-order valence-corrected chi connectivity index (χ2v) is 11.0. The molecule has 4 rings (SSSR count). The Bertz CT molecular complexity index is 1310. The van der Waals surface area contributed by atoms with Gasteiger partial charge in [0.05, 0.1) is 11.9 Å². The van der Waals surface area contributed by atoms with Crippen LogP contribution in [-0.2, 0) is 22.9 Å². The van der Waals surface area contributed by atoms with Gasteiger partial charge in [0.1, 0.15) is 5.82 Å². The molecule has 0 aliphatic heterocycles. The third-order valence-electron chi connectivity index (χ3n) is 6.33. The zero-order valence-electron chi connectivity index (χ0n) is 19.6. The Morgan fingerprint density at radius 2 is 1.79 bits per heavy atom. The number of aryl methyl sites for hydroxylation is 2. The smallest absolute Gasteiger partial charge is 0.257 e. The normalized spacial score (nSPS) is 18.3. The van der Waals surface area contributed by atoms with Crippen LogP contribution in [-0.4, -0.2) is 30.3 Å². The average Bonchev–Trinajstić information content (AvgIpc) is 2.75. The number of hydrogen-bond acceptors (Lipinski definition) is 4. The summed E-state index contributed by atoms with van der Waals surface area (Å²) < 4.78 is 28.8. The summed E-state index contributed by atoms with van der Waals surface area (Å²) in [5.74, 6) is 0.410. The molecule has 2 atom stereocenters. The lowest BCUT2D eigenvalue weighted by Crippen LogP contribution is -2.46. The van der Waals surface area contributed by atoms with Crippen molar-refractivity contribution in [3.05, 3.63) is 87.6 Å². The molecule has 1 aromatic heterocycles. The fourth-order valence-corrected chi connectivity index (χ4v) is 5.83. The molecule has 0 saturated heterocycles. The molecule has 0 spiro atoms. The number of aromatic nitrogens is 2. The standard InChI is InChI=1S/C26H31N3O3S/c1-17(2)29-18(3)27-24-14-13-23(28-33(4,31)32)22(25(24)26(29)30)16-19-9-8-12-21(15-19)20-10-6-5-7-11-20/h5-12,15,17,22-23,28H,13-14,16H2,1-4H3. The molecule has 1 aliphatic carbocycles. The fourth-order valence-electron chi connectivity index (χ4n) is 5.00. The monoisotopic (exact) mass is 465 g/mol. The maximum absolute atomic E-state index is 13.6. The molecule has 2 unspecified atom stereocenters. The molecule has 33 heavy (non-hydrogen) atoms. The average molecular weight is 466 g/mol. The summed E-state index contributed by atoms with van der Waals surface area (Å²) in [4.78, 5) is 18.4. The highest BCUT2D eigenvalue weighted by Crippen LogP contribution is 2.33. The van der Waals surface area contributed by atoms with Crippen molar-refractivity contribution in [1.29, 1.82) is 0 Å². The van der Waals surface area contributed by atoms with Gasteiger partial charge in [0.15, 0.2) is 0 Å². The number of nitrogens with zero attached hydrogens (tertiary/aromatic N) is 2. The highest BCUT2D eigenvalue weighted by Gasteiger charge is 2.35. The van der Waals surface area contributed by atoms with Gasteiger partial charge in [-0.1, -0.05) is 54.6 Å². The van der Waals surface area contributed by atoms with E-state index in [9.17, 15) is 13.2 Å². The van der Waals surface area contributed by atoms with E-state index in [1.54, 1.807) is 4.57 Å². The lowest BCUT2D eigenvalue weighted by atomic mass is 9.78. The number of nitrogens with one attached hydrogen (secondary N) is 1. The van der Waals surface area contributed by atoms with E-state index < -0.39 is 10.0 Å². The number of hydrogen-bond donors (Lipinski definition) is 1. The van der Waals surface area contributed by atoms with Gasteiger partial charge in [0, 0.05) is 23.6 Å². The van der Waals surface area contributed by atoms with Crippen LogP contribution in [0.5, 0.6) is 0 Å². The largest absolute Gasteiger partial charge is 0.294 e. The minimum Gasteiger partial charge on any atom is -0.294 e. The second-order valence-electron chi connectivity index (χ2n) is 9.20. The van der Waals surface area contributed by atoms with E-state index in [0.717, 1.165) is 22.4 Å². The SMILES string of the molecule is Cc1nc2c(c(=O)n1C(C)C)C(Cc1cccc(-c3ccccc3)c1)C(NS(C)(=O)=O)CC2. The van der Waals surface area contributed by atoms with Crippen molar-refractivity contribution in [1.82, 2.24) is 14.3 Å². The van der Waals surface area contributed by atoms with Crippen LogP contribution < -0.4 is 10.3 Å². The minimum atomic E-state index is -3.43. The van der Waals surface area contributed by atoms with Gasteiger partial charge in [-0.15, -0.1) is 0 Å². The summed E-state index contributed by atoms with van der Waals surface area (Å²) in [5, 5.41) is 0. The van der Waals surface area contributed by atoms with Gasteiger partial charge < -0.3 is 0 Å². The van der Waals surface area contributed by atoms with Crippen molar-refractivity contribution in [2.24, 2.45) is 0 Å². The van der Waals surface area contributed by atoms with Gasteiger partial charge >= 0.3 is 0 Å². The molecule has 1 aliphatic rings. The van der Waals surface area contributed by atoms with Crippen molar-refractivity contribution in [2.75, 3.05) is 6.26 Å². The van der Waals surface area contributed by atoms with Crippen molar-refractivity contribution in [3.63, 3.8) is 0 Å². The van der Waals surface area contributed by atoms with E-state index >= 15 is 0 Å². The van der Waals surface area contributed by atoms with Crippen LogP contribution in [0.1, 0.15) is 54.9 Å². The summed E-state index contributed by atoms with van der Waals surface area (Å²) in [6, 6.07) is 18.0. The Labute approximate surface area is 195 Å². The molecular weight excluding hydrogens is 434 g/mol. The first-order valence-corrected chi connectivity index (χ1v) is 13.3. The van der Waals surface area contributed by atoms with Gasteiger partial charge in [-0.25, -0.2) is 18.1 Å². The Morgan fingerprint density at radius 3 is 2.45 bits per heavy atom. The van der Waals surface area contributed by atoms with E-state index in [1.807, 2.05) is 51.1 Å². The molecule has 0 radical (unpaired) electrons. The second kappa shape index (κ2) is 9.23. The van der Waals surface area contributed by atoms with Crippen LogP contribution in [0.3, 0.4) is 0 Å². The van der Waals surface area contributed by atoms with E-state index in [2.05, 4.69) is 29.0 Å². The van der Waals surface area contributed by atoms with Gasteiger partial charge in [0.25, 0.3) is 5.56 Å². The van der Waals surface area contributed by atoms with Gasteiger partial charge in [0.2, 0.25) is 10.0 Å². The number of benzene rings is 2. The van der Waals surface area contributed by atoms with Crippen LogP contribution in [0.25, 0.3) is 11.1 Å². The van der Waals surface area contributed by atoms with E-state index in [1.165, 1.54) is 6.26 Å². The predicted octanol–water partition coefficient (Wildman–Crippen LogP) is 3.99. The summed E-state index contributed by atoms with van der Waals surface area (Å²) in [5.41, 5.74) is 4.66. The zero-order valence-corrected chi connectivity index (χ0v) is 20.4. The molecule has 174 valence electrons. The molecule has 3 aromatic rings. The van der Waals surface area contributed by atoms with Crippen LogP contribution in [0, 0.1) is 6.92 Å². The molecule has 1 heterocycles. The third kappa shape index (κ3) is 5.09. The van der Waals surface area contributed by atoms with E-state index in [-0.39, 0.29) is 23.6 Å². The zero-order chi connectivity index (χ0) is 23.8. The predicted molar refractivity (Wildman–Crippen MR) is 132 cm³/mol. The lowest BCUT2D eigenvalue weighted by Gasteiger charge is -2.34. The highest BCUT2D eigenvalue weighted by atomic mass is 32.2. The van der Waals surface area contributed by atoms with Gasteiger partial charge in [-0.2, -0.15) is 0 Å². The molecule has 0 amide bonds. The molecule has 0 bridgehead atoms. The number of sulfonamides is 1. The van der Waals surface area contributed by atoms with E-state index in [0.29, 0.717) is 30.7 Å². The molecule has 0 fully saturated rings. The fraction of sp³-hybridized carbons (Fsp3) is 0.385. The summed E-state index contributed by atoms with van der Waals surface area (Å²) in [6.45, 7) is 5.80.